The summed E-state index contributed by atoms with van der Waals surface area (Å²) >= 11 is 0. The number of aromatic nitrogens is 2. The van der Waals surface area contributed by atoms with Crippen molar-refractivity contribution in [1.29, 1.82) is 0 Å². The number of hydrogen-bond acceptors (Lipinski definition) is 6. The highest BCUT2D eigenvalue weighted by Crippen LogP contribution is 2.49. The van der Waals surface area contributed by atoms with E-state index in [1.807, 2.05) is 23.4 Å². The van der Waals surface area contributed by atoms with Crippen LogP contribution in [0.1, 0.15) is 43.5 Å². The molecule has 2 aliphatic heterocycles. The molecule has 3 heterocycles. The maximum atomic E-state index is 13.6. The number of carbonyl (C=O) groups is 2. The van der Waals surface area contributed by atoms with Gasteiger partial charge in [-0.2, -0.15) is 13.2 Å². The predicted molar refractivity (Wildman–Crippen MR) is 133 cm³/mol. The lowest BCUT2D eigenvalue weighted by Crippen LogP contribution is -2.40. The summed E-state index contributed by atoms with van der Waals surface area (Å²) in [6.07, 6.45) is -0.172. The molecule has 1 amide bonds. The van der Waals surface area contributed by atoms with Crippen molar-refractivity contribution in [2.45, 2.75) is 44.9 Å². The van der Waals surface area contributed by atoms with Gasteiger partial charge in [0.05, 0.1) is 31.2 Å². The lowest BCUT2D eigenvalue weighted by atomic mass is 9.75. The van der Waals surface area contributed by atoms with Crippen molar-refractivity contribution in [3.8, 4) is 5.75 Å². The zero-order valence-corrected chi connectivity index (χ0v) is 22.1. The second kappa shape index (κ2) is 12.2. The van der Waals surface area contributed by atoms with Crippen LogP contribution in [0, 0.1) is 5.41 Å². The van der Waals surface area contributed by atoms with Crippen LogP contribution in [-0.4, -0.2) is 89.5 Å². The number of carbonyl (C=O) groups excluding carboxylic acids is 1. The number of alkyl halides is 3. The molecule has 38 heavy (non-hydrogen) atoms. The van der Waals surface area contributed by atoms with Crippen LogP contribution in [0.15, 0.2) is 36.8 Å². The van der Waals surface area contributed by atoms with Crippen molar-refractivity contribution in [1.82, 2.24) is 19.4 Å². The van der Waals surface area contributed by atoms with Crippen molar-refractivity contribution < 1.29 is 37.3 Å². The minimum absolute atomic E-state index is 0.103. The van der Waals surface area contributed by atoms with Crippen LogP contribution in [0.2, 0.25) is 0 Å². The Kier molecular flexibility index (Phi) is 9.42. The first-order valence-electron chi connectivity index (χ1n) is 12.4. The highest BCUT2D eigenvalue weighted by molar-refractivity contribution is 5.86. The molecule has 2 saturated heterocycles. The van der Waals surface area contributed by atoms with Crippen molar-refractivity contribution in [3.05, 3.63) is 48.0 Å². The summed E-state index contributed by atoms with van der Waals surface area (Å²) in [6, 6.07) is 8.56. The standard InChI is InChI=1S/C24H34N4O3.C2HF3O2/c1-18(2)28-15-22(25-17-28)21-14-26(13-19-5-7-20(31-4)8-6-19)16-24(21)9-10-27(23(24)29)11-12-30-3;3-2(4,5)1(6)7/h5-8,15,17-18,21H,9-14,16H2,1-4H3;(H,6,7). The average Bonchev–Trinajstić information content (AvgIpc) is 3.57. The summed E-state index contributed by atoms with van der Waals surface area (Å²) in [7, 11) is 3.37. The molecule has 0 radical (unpaired) electrons. The fourth-order valence-corrected chi connectivity index (χ4v) is 5.05. The minimum Gasteiger partial charge on any atom is -0.497 e. The van der Waals surface area contributed by atoms with E-state index in [1.165, 1.54) is 5.56 Å². The summed E-state index contributed by atoms with van der Waals surface area (Å²) in [5.74, 6) is -1.54. The van der Waals surface area contributed by atoms with E-state index in [1.54, 1.807) is 14.2 Å². The molecule has 0 saturated carbocycles. The van der Waals surface area contributed by atoms with Crippen LogP contribution in [-0.2, 0) is 20.9 Å². The molecule has 4 rings (SSSR count). The molecule has 210 valence electrons. The number of amides is 1. The first kappa shape index (κ1) is 29.4. The van der Waals surface area contributed by atoms with E-state index in [0.29, 0.717) is 19.2 Å². The van der Waals surface area contributed by atoms with E-state index in [9.17, 15) is 18.0 Å². The zero-order chi connectivity index (χ0) is 28.1. The molecule has 2 aromatic rings. The number of rotatable bonds is 8. The van der Waals surface area contributed by atoms with Crippen LogP contribution in [0.3, 0.4) is 0 Å². The average molecular weight is 541 g/mol. The van der Waals surface area contributed by atoms with Gasteiger partial charge in [-0.3, -0.25) is 9.69 Å². The molecule has 1 aromatic carbocycles. The predicted octanol–water partition coefficient (Wildman–Crippen LogP) is 3.57. The van der Waals surface area contributed by atoms with Gasteiger partial charge >= 0.3 is 12.1 Å². The van der Waals surface area contributed by atoms with Crippen molar-refractivity contribution in [2.24, 2.45) is 5.41 Å². The Morgan fingerprint density at radius 1 is 1.24 bits per heavy atom. The largest absolute Gasteiger partial charge is 0.497 e. The Hall–Kier alpha value is -3.12. The quantitative estimate of drug-likeness (QED) is 0.547. The van der Waals surface area contributed by atoms with Gasteiger partial charge in [-0.05, 0) is 38.0 Å². The summed E-state index contributed by atoms with van der Waals surface area (Å²) in [5, 5.41) is 7.12. The van der Waals surface area contributed by atoms with Crippen LogP contribution >= 0.6 is 0 Å². The molecule has 1 spiro atoms. The van der Waals surface area contributed by atoms with E-state index in [0.717, 1.165) is 44.0 Å². The SMILES string of the molecule is COCCN1CCC2(CN(Cc3ccc(OC)cc3)CC2c2cn(C(C)C)cn2)C1=O.O=C(O)C(F)(F)F. The Morgan fingerprint density at radius 3 is 2.42 bits per heavy atom. The molecule has 0 bridgehead atoms. The lowest BCUT2D eigenvalue weighted by Gasteiger charge is -2.28. The number of aliphatic carboxylic acids is 1. The fourth-order valence-electron chi connectivity index (χ4n) is 5.05. The minimum atomic E-state index is -5.08. The Morgan fingerprint density at radius 2 is 1.89 bits per heavy atom. The fraction of sp³-hybridized carbons (Fsp3) is 0.577. The maximum absolute atomic E-state index is 13.6. The summed E-state index contributed by atoms with van der Waals surface area (Å²) < 4.78 is 44.4. The monoisotopic (exact) mass is 540 g/mol. The number of carboxylic acid groups (broad SMARTS) is 1. The third-order valence-corrected chi connectivity index (χ3v) is 7.10. The van der Waals surface area contributed by atoms with Gasteiger partial charge in [0.25, 0.3) is 0 Å². The first-order valence-corrected chi connectivity index (χ1v) is 12.4. The molecule has 1 N–H and O–H groups in total. The van der Waals surface area contributed by atoms with Gasteiger partial charge in [0.2, 0.25) is 5.91 Å². The van der Waals surface area contributed by atoms with Crippen molar-refractivity contribution in [3.63, 3.8) is 0 Å². The third-order valence-electron chi connectivity index (χ3n) is 7.10. The van der Waals surface area contributed by atoms with E-state index in [4.69, 9.17) is 24.4 Å². The summed E-state index contributed by atoms with van der Waals surface area (Å²) in [6.45, 7) is 8.74. The van der Waals surface area contributed by atoms with Gasteiger partial charge in [-0.1, -0.05) is 12.1 Å². The van der Waals surface area contributed by atoms with Gasteiger partial charge in [-0.25, -0.2) is 9.78 Å². The Labute approximate surface area is 220 Å². The molecule has 9 nitrogen and oxygen atoms in total. The van der Waals surface area contributed by atoms with Gasteiger partial charge in [0.1, 0.15) is 5.75 Å². The Bertz CT molecular complexity index is 1090. The number of hydrogen-bond donors (Lipinski definition) is 1. The number of halogens is 3. The molecule has 1 aromatic heterocycles. The molecule has 2 unspecified atom stereocenters. The van der Waals surface area contributed by atoms with Crippen LogP contribution in [0.25, 0.3) is 0 Å². The number of nitrogens with zero attached hydrogens (tertiary/aromatic N) is 4. The first-order chi connectivity index (χ1) is 17.9. The number of methoxy groups -OCH3 is 2. The number of imidazole rings is 1. The number of ether oxygens (including phenoxy) is 2. The third kappa shape index (κ3) is 6.65. The van der Waals surface area contributed by atoms with E-state index < -0.39 is 17.6 Å². The van der Waals surface area contributed by atoms with Crippen molar-refractivity contribution >= 4 is 11.9 Å². The normalized spacial score (nSPS) is 21.7. The van der Waals surface area contributed by atoms with Gasteiger partial charge in [-0.15, -0.1) is 0 Å². The van der Waals surface area contributed by atoms with Crippen LogP contribution in [0.4, 0.5) is 13.2 Å². The summed E-state index contributed by atoms with van der Waals surface area (Å²) in [5.41, 5.74) is 1.86. The van der Waals surface area contributed by atoms with E-state index in [-0.39, 0.29) is 11.8 Å². The highest BCUT2D eigenvalue weighted by atomic mass is 19.4. The second-order valence-electron chi connectivity index (χ2n) is 9.90. The van der Waals surface area contributed by atoms with Crippen molar-refractivity contribution in [2.75, 3.05) is 47.0 Å². The number of likely N-dealkylation sites (tertiary alicyclic amines) is 2. The lowest BCUT2D eigenvalue weighted by molar-refractivity contribution is -0.192. The molecule has 2 fully saturated rings. The van der Waals surface area contributed by atoms with E-state index >= 15 is 0 Å². The molecule has 12 heteroatoms. The zero-order valence-electron chi connectivity index (χ0n) is 22.1. The Balaban J connectivity index is 0.000000505. The van der Waals surface area contributed by atoms with Crippen LogP contribution in [0.5, 0.6) is 5.75 Å². The van der Waals surface area contributed by atoms with Crippen LogP contribution < -0.4 is 4.74 Å². The molecule has 2 atom stereocenters. The molecule has 2 aliphatic rings. The second-order valence-corrected chi connectivity index (χ2v) is 9.90. The van der Waals surface area contributed by atoms with Gasteiger partial charge in [0, 0.05) is 58.0 Å². The van der Waals surface area contributed by atoms with E-state index in [2.05, 4.69) is 41.6 Å². The molecule has 0 aliphatic carbocycles. The number of carboxylic acids is 1. The van der Waals surface area contributed by atoms with Gasteiger partial charge < -0.3 is 24.0 Å². The summed E-state index contributed by atoms with van der Waals surface area (Å²) in [4.78, 5) is 31.7. The molecular formula is C26H35F3N4O5. The maximum Gasteiger partial charge on any atom is 0.490 e. The number of benzene rings is 1. The highest BCUT2D eigenvalue weighted by Gasteiger charge is 2.57. The van der Waals surface area contributed by atoms with Gasteiger partial charge in [0.15, 0.2) is 0 Å². The smallest absolute Gasteiger partial charge is 0.490 e. The molecular weight excluding hydrogens is 505 g/mol. The topological polar surface area (TPSA) is 97.1 Å².